The number of aromatic nitrogens is 3. The standard InChI is InChI=1S/C18H19FN4O2/c1-11-15-5-6-16(23(15)8-7-20-11)18-21-17(22-25-18)9-12-3-4-13(24-2)10-14(12)19/h3-6,10-11,20H,7-9H2,1-2H3. The van der Waals surface area contributed by atoms with Crippen molar-refractivity contribution in [2.45, 2.75) is 25.9 Å². The normalized spacial score (nSPS) is 16.7. The van der Waals surface area contributed by atoms with Gasteiger partial charge >= 0.3 is 0 Å². The van der Waals surface area contributed by atoms with Crippen LogP contribution in [0.4, 0.5) is 4.39 Å². The molecule has 3 heterocycles. The van der Waals surface area contributed by atoms with Gasteiger partial charge in [-0.25, -0.2) is 4.39 Å². The van der Waals surface area contributed by atoms with Crippen molar-refractivity contribution in [3.05, 3.63) is 53.2 Å². The molecule has 0 aliphatic carbocycles. The van der Waals surface area contributed by atoms with Crippen molar-refractivity contribution >= 4 is 0 Å². The Bertz CT molecular complexity index is 902. The molecule has 130 valence electrons. The Morgan fingerprint density at radius 1 is 1.36 bits per heavy atom. The van der Waals surface area contributed by atoms with E-state index < -0.39 is 0 Å². The van der Waals surface area contributed by atoms with Gasteiger partial charge in [0.2, 0.25) is 0 Å². The van der Waals surface area contributed by atoms with Gasteiger partial charge in [0.25, 0.3) is 5.89 Å². The zero-order valence-electron chi connectivity index (χ0n) is 14.1. The number of hydrogen-bond donors (Lipinski definition) is 1. The lowest BCUT2D eigenvalue weighted by atomic mass is 10.1. The first-order valence-electron chi connectivity index (χ1n) is 8.24. The minimum absolute atomic E-state index is 0.269. The topological polar surface area (TPSA) is 65.1 Å². The molecular weight excluding hydrogens is 323 g/mol. The van der Waals surface area contributed by atoms with Crippen molar-refractivity contribution < 1.29 is 13.7 Å². The monoisotopic (exact) mass is 342 g/mol. The molecule has 3 aromatic rings. The van der Waals surface area contributed by atoms with E-state index in [4.69, 9.17) is 9.26 Å². The average Bonchev–Trinajstić information content (AvgIpc) is 3.24. The van der Waals surface area contributed by atoms with E-state index in [9.17, 15) is 4.39 Å². The van der Waals surface area contributed by atoms with Crippen LogP contribution in [-0.2, 0) is 13.0 Å². The number of ether oxygens (including phenoxy) is 1. The molecule has 0 saturated heterocycles. The second kappa shape index (κ2) is 6.33. The molecule has 1 N–H and O–H groups in total. The van der Waals surface area contributed by atoms with Crippen molar-refractivity contribution in [1.82, 2.24) is 20.0 Å². The van der Waals surface area contributed by atoms with Crippen LogP contribution in [0.3, 0.4) is 0 Å². The summed E-state index contributed by atoms with van der Waals surface area (Å²) in [6, 6.07) is 9.10. The fourth-order valence-electron chi connectivity index (χ4n) is 3.19. The molecule has 0 spiro atoms. The molecule has 4 rings (SSSR count). The zero-order chi connectivity index (χ0) is 17.4. The summed E-state index contributed by atoms with van der Waals surface area (Å²) in [4.78, 5) is 4.45. The Labute approximate surface area is 144 Å². The van der Waals surface area contributed by atoms with Gasteiger partial charge in [0.05, 0.1) is 7.11 Å². The summed E-state index contributed by atoms with van der Waals surface area (Å²) < 4.78 is 26.7. The molecule has 6 nitrogen and oxygen atoms in total. The first-order chi connectivity index (χ1) is 12.2. The predicted molar refractivity (Wildman–Crippen MR) is 89.9 cm³/mol. The third kappa shape index (κ3) is 2.91. The van der Waals surface area contributed by atoms with Gasteiger partial charge in [-0.2, -0.15) is 4.98 Å². The second-order valence-electron chi connectivity index (χ2n) is 6.12. The minimum atomic E-state index is -0.342. The van der Waals surface area contributed by atoms with E-state index in [1.807, 2.05) is 6.07 Å². The molecule has 1 aromatic carbocycles. The lowest BCUT2D eigenvalue weighted by molar-refractivity contribution is 0.409. The first-order valence-corrected chi connectivity index (χ1v) is 8.24. The van der Waals surface area contributed by atoms with E-state index in [2.05, 4.69) is 33.0 Å². The molecule has 7 heteroatoms. The van der Waals surface area contributed by atoms with Crippen molar-refractivity contribution in [3.63, 3.8) is 0 Å². The highest BCUT2D eigenvalue weighted by Crippen LogP contribution is 2.27. The van der Waals surface area contributed by atoms with Crippen molar-refractivity contribution in [2.75, 3.05) is 13.7 Å². The molecule has 1 aliphatic heterocycles. The smallest absolute Gasteiger partial charge is 0.274 e. The SMILES string of the molecule is COc1ccc(Cc2noc(-c3ccc4n3CCNC4C)n2)c(F)c1. The summed E-state index contributed by atoms with van der Waals surface area (Å²) in [5.74, 6) is 1.06. The maximum Gasteiger partial charge on any atom is 0.274 e. The summed E-state index contributed by atoms with van der Waals surface area (Å²) in [6.45, 7) is 3.88. The number of hydrogen-bond acceptors (Lipinski definition) is 5. The van der Waals surface area contributed by atoms with Gasteiger partial charge in [0.1, 0.15) is 17.3 Å². The quantitative estimate of drug-likeness (QED) is 0.790. The molecule has 25 heavy (non-hydrogen) atoms. The van der Waals surface area contributed by atoms with Gasteiger partial charge in [-0.05, 0) is 30.7 Å². The van der Waals surface area contributed by atoms with Crippen LogP contribution in [0, 0.1) is 5.82 Å². The summed E-state index contributed by atoms with van der Waals surface area (Å²) in [5, 5.41) is 7.42. The van der Waals surface area contributed by atoms with Crippen LogP contribution >= 0.6 is 0 Å². The number of rotatable bonds is 4. The summed E-state index contributed by atoms with van der Waals surface area (Å²) in [5.41, 5.74) is 2.60. The molecule has 0 radical (unpaired) electrons. The highest BCUT2D eigenvalue weighted by Gasteiger charge is 2.22. The second-order valence-corrected chi connectivity index (χ2v) is 6.12. The maximum atomic E-state index is 14.1. The zero-order valence-corrected chi connectivity index (χ0v) is 14.1. The molecule has 2 aromatic heterocycles. The van der Waals surface area contributed by atoms with E-state index in [0.29, 0.717) is 29.1 Å². The lowest BCUT2D eigenvalue weighted by Gasteiger charge is -2.24. The maximum absolute atomic E-state index is 14.1. The summed E-state index contributed by atoms with van der Waals surface area (Å²) in [7, 11) is 1.51. The minimum Gasteiger partial charge on any atom is -0.497 e. The van der Waals surface area contributed by atoms with E-state index in [0.717, 1.165) is 18.8 Å². The summed E-state index contributed by atoms with van der Waals surface area (Å²) in [6.07, 6.45) is 0.269. The Kier molecular flexibility index (Phi) is 4.01. The molecule has 0 amide bonds. The van der Waals surface area contributed by atoms with Gasteiger partial charge in [-0.1, -0.05) is 11.2 Å². The van der Waals surface area contributed by atoms with Crippen molar-refractivity contribution in [2.24, 2.45) is 0 Å². The Morgan fingerprint density at radius 3 is 3.04 bits per heavy atom. The highest BCUT2D eigenvalue weighted by molar-refractivity contribution is 5.50. The third-order valence-corrected chi connectivity index (χ3v) is 4.54. The Hall–Kier alpha value is -2.67. The average molecular weight is 342 g/mol. The molecule has 0 saturated carbocycles. The van der Waals surface area contributed by atoms with E-state index in [1.54, 1.807) is 12.1 Å². The van der Waals surface area contributed by atoms with Gasteiger partial charge in [-0.15, -0.1) is 0 Å². The first kappa shape index (κ1) is 15.8. The number of fused-ring (bicyclic) bond motifs is 1. The number of nitrogens with one attached hydrogen (secondary N) is 1. The Balaban J connectivity index is 1.59. The van der Waals surface area contributed by atoms with Crippen LogP contribution < -0.4 is 10.1 Å². The van der Waals surface area contributed by atoms with Crippen LogP contribution in [0.5, 0.6) is 5.75 Å². The van der Waals surface area contributed by atoms with Crippen LogP contribution in [0.25, 0.3) is 11.6 Å². The van der Waals surface area contributed by atoms with Crippen LogP contribution in [0.1, 0.15) is 30.0 Å². The molecule has 0 fully saturated rings. The largest absolute Gasteiger partial charge is 0.497 e. The van der Waals surface area contributed by atoms with Crippen LogP contribution in [0.15, 0.2) is 34.9 Å². The fraction of sp³-hybridized carbons (Fsp3) is 0.333. The summed E-state index contributed by atoms with van der Waals surface area (Å²) >= 11 is 0. The van der Waals surface area contributed by atoms with Crippen LogP contribution in [0.2, 0.25) is 0 Å². The molecule has 1 atom stereocenters. The number of methoxy groups -OCH3 is 1. The van der Waals surface area contributed by atoms with Crippen molar-refractivity contribution in [3.8, 4) is 17.3 Å². The lowest BCUT2D eigenvalue weighted by Crippen LogP contribution is -2.31. The predicted octanol–water partition coefficient (Wildman–Crippen LogP) is 2.94. The number of nitrogens with zero attached hydrogens (tertiary/aromatic N) is 3. The van der Waals surface area contributed by atoms with Gasteiger partial charge in [0.15, 0.2) is 5.82 Å². The molecule has 0 bridgehead atoms. The van der Waals surface area contributed by atoms with E-state index >= 15 is 0 Å². The van der Waals surface area contributed by atoms with Gasteiger partial charge in [-0.3, -0.25) is 0 Å². The van der Waals surface area contributed by atoms with Crippen molar-refractivity contribution in [1.29, 1.82) is 0 Å². The van der Waals surface area contributed by atoms with E-state index in [-0.39, 0.29) is 12.2 Å². The third-order valence-electron chi connectivity index (χ3n) is 4.54. The van der Waals surface area contributed by atoms with E-state index in [1.165, 1.54) is 18.9 Å². The Morgan fingerprint density at radius 2 is 2.24 bits per heavy atom. The van der Waals surface area contributed by atoms with Gasteiger partial charge in [0, 0.05) is 37.3 Å². The molecular formula is C18H19FN4O2. The van der Waals surface area contributed by atoms with Crippen LogP contribution in [-0.4, -0.2) is 28.4 Å². The number of halogens is 1. The number of benzene rings is 1. The highest BCUT2D eigenvalue weighted by atomic mass is 19.1. The molecule has 1 aliphatic rings. The van der Waals surface area contributed by atoms with Gasteiger partial charge < -0.3 is 19.1 Å². The molecule has 1 unspecified atom stereocenters. The fourth-order valence-corrected chi connectivity index (χ4v) is 3.19.